The van der Waals surface area contributed by atoms with E-state index in [0.717, 1.165) is 12.2 Å². The number of benzene rings is 2. The van der Waals surface area contributed by atoms with Gasteiger partial charge in [-0.15, -0.1) is 0 Å². The fraction of sp³-hybridized carbons (Fsp3) is 0.125. The van der Waals surface area contributed by atoms with Crippen LogP contribution in [-0.2, 0) is 0 Å². The highest BCUT2D eigenvalue weighted by Crippen LogP contribution is 2.33. The summed E-state index contributed by atoms with van der Waals surface area (Å²) in [5.74, 6) is 0. The van der Waals surface area contributed by atoms with Crippen molar-refractivity contribution < 1.29 is 0 Å². The van der Waals surface area contributed by atoms with E-state index < -0.39 is 0 Å². The van der Waals surface area contributed by atoms with Crippen LogP contribution in [-0.4, -0.2) is 11.1 Å². The molecule has 2 heteroatoms. The van der Waals surface area contributed by atoms with Gasteiger partial charge in [0.15, 0.2) is 0 Å². The predicted octanol–water partition coefficient (Wildman–Crippen LogP) is 4.33. The molecule has 0 unspecified atom stereocenters. The fourth-order valence-electron chi connectivity index (χ4n) is 2.58. The van der Waals surface area contributed by atoms with Crippen LogP contribution in [0.4, 0.5) is 5.69 Å². The van der Waals surface area contributed by atoms with Crippen LogP contribution in [0.1, 0.15) is 6.92 Å². The minimum absolute atomic E-state index is 0.914. The molecule has 3 rings (SSSR count). The molecule has 0 amide bonds. The molecule has 0 aliphatic carbocycles. The Balaban J connectivity index is 2.51. The molecule has 0 bridgehead atoms. The molecule has 0 atom stereocenters. The molecule has 0 aliphatic rings. The largest absolute Gasteiger partial charge is 0.384 e. The van der Waals surface area contributed by atoms with Gasteiger partial charge in [-0.1, -0.05) is 36.9 Å². The van der Waals surface area contributed by atoms with Crippen molar-refractivity contribution in [2.75, 3.05) is 11.9 Å². The van der Waals surface area contributed by atoms with E-state index in [1.807, 2.05) is 6.20 Å². The van der Waals surface area contributed by atoms with Gasteiger partial charge in [-0.25, -0.2) is 0 Å². The summed E-state index contributed by atoms with van der Waals surface area (Å²) in [7, 11) is 0. The average molecular weight is 236 g/mol. The Labute approximate surface area is 107 Å². The molecule has 18 heavy (non-hydrogen) atoms. The first kappa shape index (κ1) is 10.9. The van der Waals surface area contributed by atoms with Crippen LogP contribution >= 0.6 is 0 Å². The second-order valence-corrected chi connectivity index (χ2v) is 4.30. The molecular weight excluding hydrogens is 220 g/mol. The van der Waals surface area contributed by atoms with E-state index in [1.54, 1.807) is 0 Å². The Kier molecular flexibility index (Phi) is 2.56. The van der Waals surface area contributed by atoms with E-state index >= 15 is 0 Å². The summed E-state index contributed by atoms with van der Waals surface area (Å²) in [5.41, 5.74) is 3.56. The van der Waals surface area contributed by atoms with Gasteiger partial charge in [0.25, 0.3) is 0 Å². The number of rotatable bonds is 3. The lowest BCUT2D eigenvalue weighted by molar-refractivity contribution is 1.20. The summed E-state index contributed by atoms with van der Waals surface area (Å²) in [6, 6.07) is 14.8. The van der Waals surface area contributed by atoms with Gasteiger partial charge in [-0.2, -0.15) is 0 Å². The Morgan fingerprint density at radius 3 is 2.67 bits per heavy atom. The second kappa shape index (κ2) is 4.22. The number of anilines is 1. The standard InChI is InChI=1S/C16H16N2/c1-3-17-14-10-7-9-13-12-8-5-6-11-15(12)18(4-2)16(13)14/h4-11,17H,2-3H2,1H3. The Bertz CT molecular complexity index is 722. The maximum atomic E-state index is 3.94. The molecule has 2 nitrogen and oxygen atoms in total. The number of aromatic nitrogens is 1. The molecule has 0 aliphatic heterocycles. The predicted molar refractivity (Wildman–Crippen MR) is 80.0 cm³/mol. The van der Waals surface area contributed by atoms with Crippen molar-refractivity contribution in [3.8, 4) is 0 Å². The topological polar surface area (TPSA) is 17.0 Å². The van der Waals surface area contributed by atoms with Gasteiger partial charge in [-0.3, -0.25) is 0 Å². The van der Waals surface area contributed by atoms with Crippen molar-refractivity contribution in [3.63, 3.8) is 0 Å². The maximum Gasteiger partial charge on any atom is 0.0768 e. The zero-order chi connectivity index (χ0) is 12.5. The van der Waals surface area contributed by atoms with Gasteiger partial charge in [0.2, 0.25) is 0 Å². The van der Waals surface area contributed by atoms with Crippen LogP contribution in [0.3, 0.4) is 0 Å². The zero-order valence-corrected chi connectivity index (χ0v) is 10.5. The molecule has 0 fully saturated rings. The molecular formula is C16H16N2. The molecule has 90 valence electrons. The fourth-order valence-corrected chi connectivity index (χ4v) is 2.58. The van der Waals surface area contributed by atoms with Crippen LogP contribution in [0, 0.1) is 0 Å². The summed E-state index contributed by atoms with van der Waals surface area (Å²) in [6.07, 6.45) is 1.88. The van der Waals surface area contributed by atoms with Gasteiger partial charge in [0, 0.05) is 23.5 Å². The van der Waals surface area contributed by atoms with Crippen LogP contribution in [0.5, 0.6) is 0 Å². The van der Waals surface area contributed by atoms with Crippen LogP contribution < -0.4 is 5.32 Å². The van der Waals surface area contributed by atoms with E-state index in [1.165, 1.54) is 21.8 Å². The Morgan fingerprint density at radius 1 is 1.11 bits per heavy atom. The van der Waals surface area contributed by atoms with Crippen molar-refractivity contribution in [2.24, 2.45) is 0 Å². The van der Waals surface area contributed by atoms with Gasteiger partial charge in [-0.05, 0) is 19.1 Å². The van der Waals surface area contributed by atoms with Gasteiger partial charge >= 0.3 is 0 Å². The minimum atomic E-state index is 0.914. The lowest BCUT2D eigenvalue weighted by Gasteiger charge is -2.07. The maximum absolute atomic E-state index is 3.94. The van der Waals surface area contributed by atoms with Crippen molar-refractivity contribution in [3.05, 3.63) is 49.0 Å². The first-order valence-corrected chi connectivity index (χ1v) is 6.25. The average Bonchev–Trinajstić information content (AvgIpc) is 2.74. The first-order chi connectivity index (χ1) is 8.86. The highest BCUT2D eigenvalue weighted by molar-refractivity contribution is 6.13. The molecule has 0 radical (unpaired) electrons. The molecule has 1 aromatic heterocycles. The third kappa shape index (κ3) is 1.42. The quantitative estimate of drug-likeness (QED) is 0.716. The molecule has 3 aromatic rings. The molecule has 0 spiro atoms. The highest BCUT2D eigenvalue weighted by atomic mass is 15.0. The molecule has 0 saturated carbocycles. The number of nitrogens with zero attached hydrogens (tertiary/aromatic N) is 1. The van der Waals surface area contributed by atoms with E-state index in [-0.39, 0.29) is 0 Å². The normalized spacial score (nSPS) is 10.9. The monoisotopic (exact) mass is 236 g/mol. The Morgan fingerprint density at radius 2 is 1.89 bits per heavy atom. The van der Waals surface area contributed by atoms with E-state index in [4.69, 9.17) is 0 Å². The molecule has 0 saturated heterocycles. The third-order valence-electron chi connectivity index (χ3n) is 3.28. The van der Waals surface area contributed by atoms with E-state index in [2.05, 4.69) is 65.9 Å². The number of fused-ring (bicyclic) bond motifs is 3. The molecule has 1 N–H and O–H groups in total. The van der Waals surface area contributed by atoms with Crippen molar-refractivity contribution in [2.45, 2.75) is 6.92 Å². The first-order valence-electron chi connectivity index (χ1n) is 6.25. The number of hydrogen-bond donors (Lipinski definition) is 1. The molecule has 1 heterocycles. The SMILES string of the molecule is C=Cn1c2ccccc2c2cccc(NCC)c21. The van der Waals surface area contributed by atoms with E-state index in [0.29, 0.717) is 0 Å². The number of para-hydroxylation sites is 2. The van der Waals surface area contributed by atoms with Crippen LogP contribution in [0.2, 0.25) is 0 Å². The van der Waals surface area contributed by atoms with Gasteiger partial charge in [0.1, 0.15) is 0 Å². The van der Waals surface area contributed by atoms with Crippen molar-refractivity contribution >= 4 is 33.7 Å². The third-order valence-corrected chi connectivity index (χ3v) is 3.28. The summed E-state index contributed by atoms with van der Waals surface area (Å²) >= 11 is 0. The van der Waals surface area contributed by atoms with Crippen molar-refractivity contribution in [1.82, 2.24) is 4.57 Å². The minimum Gasteiger partial charge on any atom is -0.384 e. The zero-order valence-electron chi connectivity index (χ0n) is 10.5. The highest BCUT2D eigenvalue weighted by Gasteiger charge is 2.11. The summed E-state index contributed by atoms with van der Waals surface area (Å²) in [5, 5.41) is 5.96. The van der Waals surface area contributed by atoms with Crippen LogP contribution in [0.25, 0.3) is 28.0 Å². The second-order valence-electron chi connectivity index (χ2n) is 4.30. The lowest BCUT2D eigenvalue weighted by atomic mass is 10.1. The summed E-state index contributed by atoms with van der Waals surface area (Å²) < 4.78 is 2.16. The van der Waals surface area contributed by atoms with Gasteiger partial charge in [0.05, 0.1) is 16.7 Å². The summed E-state index contributed by atoms with van der Waals surface area (Å²) in [4.78, 5) is 0. The smallest absolute Gasteiger partial charge is 0.0768 e. The lowest BCUT2D eigenvalue weighted by Crippen LogP contribution is -1.98. The number of nitrogens with one attached hydrogen (secondary N) is 1. The number of hydrogen-bond acceptors (Lipinski definition) is 1. The van der Waals surface area contributed by atoms with Gasteiger partial charge < -0.3 is 9.88 Å². The van der Waals surface area contributed by atoms with Crippen LogP contribution in [0.15, 0.2) is 49.0 Å². The summed E-state index contributed by atoms with van der Waals surface area (Å²) in [6.45, 7) is 6.97. The Hall–Kier alpha value is -2.22. The van der Waals surface area contributed by atoms with Crippen molar-refractivity contribution in [1.29, 1.82) is 0 Å². The molecule has 2 aromatic carbocycles. The van der Waals surface area contributed by atoms with E-state index in [9.17, 15) is 0 Å².